The van der Waals surface area contributed by atoms with Crippen molar-refractivity contribution in [3.8, 4) is 6.07 Å². The second-order valence-corrected chi connectivity index (χ2v) is 4.75. The Bertz CT molecular complexity index is 515. The lowest BCUT2D eigenvalue weighted by molar-refractivity contribution is -0.123. The molecule has 1 heterocycles. The maximum atomic E-state index is 13.1. The molecule has 1 unspecified atom stereocenters. The zero-order valence-corrected chi connectivity index (χ0v) is 10.1. The number of carbonyl (C=O) groups is 1. The predicted molar refractivity (Wildman–Crippen MR) is 65.3 cm³/mol. The van der Waals surface area contributed by atoms with Crippen molar-refractivity contribution >= 4 is 11.6 Å². The molecule has 1 aromatic rings. The molecular weight excluding hydrogens is 233 g/mol. The largest absolute Gasteiger partial charge is 0.326 e. The Morgan fingerprint density at radius 3 is 3.00 bits per heavy atom. The normalized spacial score (nSPS) is 22.5. The quantitative estimate of drug-likeness (QED) is 0.835. The highest BCUT2D eigenvalue weighted by Gasteiger charge is 2.36. The Hall–Kier alpha value is -1.93. The highest BCUT2D eigenvalue weighted by atomic mass is 19.1. The highest BCUT2D eigenvalue weighted by molar-refractivity contribution is 5.95. The van der Waals surface area contributed by atoms with Gasteiger partial charge in [-0.15, -0.1) is 0 Å². The molecule has 5 heteroatoms. The summed E-state index contributed by atoms with van der Waals surface area (Å²) in [5.74, 6) is -0.688. The summed E-state index contributed by atoms with van der Waals surface area (Å²) >= 11 is 0. The smallest absolute Gasteiger partial charge is 0.231 e. The van der Waals surface area contributed by atoms with E-state index < -0.39 is 11.2 Å². The van der Waals surface area contributed by atoms with Crippen LogP contribution >= 0.6 is 0 Å². The van der Waals surface area contributed by atoms with Crippen LogP contribution in [0.25, 0.3) is 0 Å². The van der Waals surface area contributed by atoms with Gasteiger partial charge in [-0.3, -0.25) is 4.79 Å². The van der Waals surface area contributed by atoms with Crippen molar-refractivity contribution in [1.82, 2.24) is 5.32 Å². The van der Waals surface area contributed by atoms with Gasteiger partial charge >= 0.3 is 0 Å². The van der Waals surface area contributed by atoms with Crippen molar-refractivity contribution in [3.05, 3.63) is 29.6 Å². The van der Waals surface area contributed by atoms with E-state index in [2.05, 4.69) is 10.6 Å². The van der Waals surface area contributed by atoms with Crippen LogP contribution in [0.2, 0.25) is 0 Å². The molecule has 18 heavy (non-hydrogen) atoms. The summed E-state index contributed by atoms with van der Waals surface area (Å²) in [5.41, 5.74) is -0.0603. The molecule has 0 bridgehead atoms. The third-order valence-electron chi connectivity index (χ3n) is 3.26. The Balaban J connectivity index is 2.15. The van der Waals surface area contributed by atoms with Crippen LogP contribution in [0, 0.1) is 22.6 Å². The van der Waals surface area contributed by atoms with Crippen LogP contribution < -0.4 is 10.6 Å². The molecule has 2 N–H and O–H groups in total. The van der Waals surface area contributed by atoms with Crippen LogP contribution in [-0.4, -0.2) is 19.0 Å². The molecule has 2 rings (SSSR count). The topological polar surface area (TPSA) is 64.9 Å². The number of benzene rings is 1. The van der Waals surface area contributed by atoms with Gasteiger partial charge in [0.15, 0.2) is 0 Å². The molecule has 0 spiro atoms. The van der Waals surface area contributed by atoms with Gasteiger partial charge in [-0.1, -0.05) is 0 Å². The van der Waals surface area contributed by atoms with E-state index >= 15 is 0 Å². The molecule has 4 nitrogen and oxygen atoms in total. The molecule has 1 amide bonds. The molecule has 1 atom stereocenters. The minimum Gasteiger partial charge on any atom is -0.326 e. The average Bonchev–Trinajstić information content (AvgIpc) is 2.80. The number of nitrogens with one attached hydrogen (secondary N) is 2. The van der Waals surface area contributed by atoms with E-state index in [1.165, 1.54) is 18.2 Å². The van der Waals surface area contributed by atoms with Gasteiger partial charge in [0.2, 0.25) is 5.91 Å². The van der Waals surface area contributed by atoms with E-state index in [1.54, 1.807) is 6.07 Å². The van der Waals surface area contributed by atoms with Gasteiger partial charge in [0.05, 0.1) is 11.0 Å². The van der Waals surface area contributed by atoms with E-state index in [1.807, 2.05) is 6.92 Å². The van der Waals surface area contributed by atoms with Crippen molar-refractivity contribution in [2.75, 3.05) is 18.4 Å². The number of amides is 1. The maximum absolute atomic E-state index is 13.1. The summed E-state index contributed by atoms with van der Waals surface area (Å²) < 4.78 is 13.1. The molecule has 94 valence electrons. The molecule has 1 aliphatic heterocycles. The van der Waals surface area contributed by atoms with Gasteiger partial charge in [-0.25, -0.2) is 4.39 Å². The maximum Gasteiger partial charge on any atom is 0.231 e. The highest BCUT2D eigenvalue weighted by Crippen LogP contribution is 2.26. The van der Waals surface area contributed by atoms with E-state index in [0.717, 1.165) is 13.0 Å². The number of hydrogen-bond donors (Lipinski definition) is 2. The molecule has 0 aliphatic carbocycles. The van der Waals surface area contributed by atoms with Crippen molar-refractivity contribution in [2.24, 2.45) is 5.41 Å². The van der Waals surface area contributed by atoms with Gasteiger partial charge in [0.1, 0.15) is 11.9 Å². The Morgan fingerprint density at radius 2 is 2.39 bits per heavy atom. The predicted octanol–water partition coefficient (Wildman–Crippen LogP) is 1.64. The van der Waals surface area contributed by atoms with Gasteiger partial charge in [-0.05, 0) is 38.1 Å². The number of anilines is 1. The lowest BCUT2D eigenvalue weighted by Crippen LogP contribution is -2.35. The molecule has 0 radical (unpaired) electrons. The number of nitrogens with zero attached hydrogens (tertiary/aromatic N) is 1. The third kappa shape index (κ3) is 2.34. The van der Waals surface area contributed by atoms with Gasteiger partial charge in [0, 0.05) is 12.2 Å². The van der Waals surface area contributed by atoms with Crippen LogP contribution in [0.1, 0.15) is 18.9 Å². The third-order valence-corrected chi connectivity index (χ3v) is 3.26. The van der Waals surface area contributed by atoms with Gasteiger partial charge < -0.3 is 10.6 Å². The molecule has 0 saturated carbocycles. The molecule has 1 aliphatic rings. The number of halogens is 1. The van der Waals surface area contributed by atoms with Crippen LogP contribution in [0.4, 0.5) is 10.1 Å². The summed E-state index contributed by atoms with van der Waals surface area (Å²) in [6, 6.07) is 5.74. The Morgan fingerprint density at radius 1 is 1.61 bits per heavy atom. The van der Waals surface area contributed by atoms with E-state index in [9.17, 15) is 9.18 Å². The zero-order chi connectivity index (χ0) is 13.2. The van der Waals surface area contributed by atoms with Crippen molar-refractivity contribution in [1.29, 1.82) is 5.26 Å². The van der Waals surface area contributed by atoms with Crippen LogP contribution in [-0.2, 0) is 4.79 Å². The van der Waals surface area contributed by atoms with Crippen molar-refractivity contribution in [2.45, 2.75) is 13.3 Å². The minimum atomic E-state index is -0.579. The molecule has 1 aromatic carbocycles. The lowest BCUT2D eigenvalue weighted by Gasteiger charge is -2.21. The van der Waals surface area contributed by atoms with Crippen molar-refractivity contribution < 1.29 is 9.18 Å². The standard InChI is InChI=1S/C13H14FN3O/c1-13(4-5-16-8-13)12(18)17-10-2-3-11(14)9(6-10)7-15/h2-3,6,16H,4-5,8H2,1H3,(H,17,18). The Kier molecular flexibility index (Phi) is 3.30. The second-order valence-electron chi connectivity index (χ2n) is 4.75. The summed E-state index contributed by atoms with van der Waals surface area (Å²) in [6.07, 6.45) is 0.769. The first-order valence-corrected chi connectivity index (χ1v) is 5.77. The van der Waals surface area contributed by atoms with Crippen LogP contribution in [0.5, 0.6) is 0 Å². The first-order chi connectivity index (χ1) is 8.55. The monoisotopic (exact) mass is 247 g/mol. The summed E-state index contributed by atoms with van der Waals surface area (Å²) in [4.78, 5) is 12.1. The van der Waals surface area contributed by atoms with E-state index in [-0.39, 0.29) is 11.5 Å². The van der Waals surface area contributed by atoms with Crippen LogP contribution in [0.3, 0.4) is 0 Å². The van der Waals surface area contributed by atoms with Crippen LogP contribution in [0.15, 0.2) is 18.2 Å². The van der Waals surface area contributed by atoms with E-state index in [0.29, 0.717) is 12.2 Å². The fourth-order valence-corrected chi connectivity index (χ4v) is 1.98. The zero-order valence-electron chi connectivity index (χ0n) is 10.1. The molecule has 0 aromatic heterocycles. The van der Waals surface area contributed by atoms with Gasteiger partial charge in [-0.2, -0.15) is 5.26 Å². The first kappa shape index (κ1) is 12.5. The minimum absolute atomic E-state index is 0.0671. The Labute approximate surface area is 105 Å². The van der Waals surface area contributed by atoms with Crippen molar-refractivity contribution in [3.63, 3.8) is 0 Å². The SMILES string of the molecule is CC1(C(=O)Nc2ccc(F)c(C#N)c2)CCNC1. The first-order valence-electron chi connectivity index (χ1n) is 5.77. The van der Waals surface area contributed by atoms with Gasteiger partial charge in [0.25, 0.3) is 0 Å². The van der Waals surface area contributed by atoms with E-state index in [4.69, 9.17) is 5.26 Å². The molecular formula is C13H14FN3O. The number of nitriles is 1. The molecule has 1 fully saturated rings. The summed E-state index contributed by atoms with van der Waals surface area (Å²) in [5, 5.41) is 14.6. The molecule has 1 saturated heterocycles. The number of rotatable bonds is 2. The lowest BCUT2D eigenvalue weighted by atomic mass is 9.88. The second kappa shape index (κ2) is 4.75. The summed E-state index contributed by atoms with van der Waals surface area (Å²) in [7, 11) is 0. The fourth-order valence-electron chi connectivity index (χ4n) is 1.98. The summed E-state index contributed by atoms with van der Waals surface area (Å²) in [6.45, 7) is 3.33. The number of carbonyl (C=O) groups excluding carboxylic acids is 1. The average molecular weight is 247 g/mol. The fraction of sp³-hybridized carbons (Fsp3) is 0.385. The number of hydrogen-bond acceptors (Lipinski definition) is 3.